The Morgan fingerprint density at radius 2 is 1.78 bits per heavy atom. The highest BCUT2D eigenvalue weighted by Crippen LogP contribution is 2.54. The van der Waals surface area contributed by atoms with Gasteiger partial charge in [-0.2, -0.15) is 5.26 Å². The van der Waals surface area contributed by atoms with Gasteiger partial charge in [0, 0.05) is 63.7 Å². The van der Waals surface area contributed by atoms with Crippen molar-refractivity contribution in [1.29, 1.82) is 5.26 Å². The second kappa shape index (κ2) is 14.5. The lowest BCUT2D eigenvalue weighted by atomic mass is 9.56. The van der Waals surface area contributed by atoms with Crippen LogP contribution in [0, 0.1) is 40.8 Å². The number of ether oxygens (including phenoxy) is 1. The number of likely N-dealkylation sites (N-methyl/N-ethyl adjacent to an activating group) is 1. The first kappa shape index (κ1) is 33.9. The molecule has 8 nitrogen and oxygen atoms in total. The summed E-state index contributed by atoms with van der Waals surface area (Å²) < 4.78 is 20.0. The van der Waals surface area contributed by atoms with E-state index in [9.17, 15) is 19.2 Å². The molecule has 0 spiro atoms. The molecule has 0 N–H and O–H groups in total. The maximum Gasteiger partial charge on any atom is 0.305 e. The maximum absolute atomic E-state index is 14.9. The molecule has 0 unspecified atom stereocenters. The van der Waals surface area contributed by atoms with E-state index in [1.165, 1.54) is 18.1 Å². The molecule has 46 heavy (non-hydrogen) atoms. The zero-order valence-corrected chi connectivity index (χ0v) is 28.2. The van der Waals surface area contributed by atoms with Crippen LogP contribution in [0.3, 0.4) is 0 Å². The number of hydrogen-bond acceptors (Lipinski definition) is 7. The molecule has 3 atom stereocenters. The second-order valence-corrected chi connectivity index (χ2v) is 14.3. The van der Waals surface area contributed by atoms with Crippen molar-refractivity contribution in [1.82, 2.24) is 14.7 Å². The Bertz CT molecular complexity index is 1430. The average Bonchev–Trinajstić information content (AvgIpc) is 3.49. The van der Waals surface area contributed by atoms with Crippen molar-refractivity contribution >= 4 is 17.6 Å². The molecule has 0 radical (unpaired) electrons. The number of halogens is 1. The van der Waals surface area contributed by atoms with Crippen LogP contribution < -0.4 is 4.90 Å². The third kappa shape index (κ3) is 7.08. The van der Waals surface area contributed by atoms with Crippen LogP contribution in [0.15, 0.2) is 42.5 Å². The minimum atomic E-state index is -0.253. The standard InChI is InChI=1S/C37H50FN5O3/c1-40(2)25-37(30-9-7-10-31(38)19-30,34-11-6-8-27(34)18-35(44)46-5)29-14-16-42(17-15-29)22-26-23-43(24-26)32-13-12-28(21-39)33(20-32)36(45)41(3)4/h7,9-10,12-13,19-20,26-27,29,34H,6,8,11,14-18,22-25H2,1-5H3/t27-,34+,37+/m1/s1. The first-order chi connectivity index (χ1) is 22.0. The summed E-state index contributed by atoms with van der Waals surface area (Å²) >= 11 is 0. The van der Waals surface area contributed by atoms with Gasteiger partial charge in [0.2, 0.25) is 0 Å². The van der Waals surface area contributed by atoms with Crippen LogP contribution in [0.5, 0.6) is 0 Å². The van der Waals surface area contributed by atoms with Crippen LogP contribution >= 0.6 is 0 Å². The Morgan fingerprint density at radius 1 is 1.04 bits per heavy atom. The normalized spacial score (nSPS) is 22.3. The molecule has 1 aliphatic carbocycles. The monoisotopic (exact) mass is 631 g/mol. The van der Waals surface area contributed by atoms with Crippen molar-refractivity contribution in [2.45, 2.75) is 43.9 Å². The summed E-state index contributed by atoms with van der Waals surface area (Å²) in [6.07, 6.45) is 5.62. The number of carbonyl (C=O) groups is 2. The minimum Gasteiger partial charge on any atom is -0.469 e. The molecular formula is C37H50FN5O3. The van der Waals surface area contributed by atoms with Gasteiger partial charge in [0.15, 0.2) is 0 Å². The van der Waals surface area contributed by atoms with Crippen LogP contribution in [0.2, 0.25) is 0 Å². The van der Waals surface area contributed by atoms with E-state index in [2.05, 4.69) is 40.9 Å². The number of nitriles is 1. The van der Waals surface area contributed by atoms with Crippen LogP contribution in [0.1, 0.15) is 60.0 Å². The van der Waals surface area contributed by atoms with E-state index in [-0.39, 0.29) is 34.9 Å². The van der Waals surface area contributed by atoms with Gasteiger partial charge < -0.3 is 24.3 Å². The summed E-state index contributed by atoms with van der Waals surface area (Å²) in [5.74, 6) is 0.914. The van der Waals surface area contributed by atoms with Gasteiger partial charge in [0.1, 0.15) is 5.82 Å². The Kier molecular flexibility index (Phi) is 10.7. The zero-order valence-electron chi connectivity index (χ0n) is 28.2. The molecule has 0 aromatic heterocycles. The van der Waals surface area contributed by atoms with Crippen LogP contribution in [0.25, 0.3) is 0 Å². The molecule has 5 rings (SSSR count). The average molecular weight is 632 g/mol. The summed E-state index contributed by atoms with van der Waals surface area (Å²) in [4.78, 5) is 33.8. The number of benzene rings is 2. The van der Waals surface area contributed by atoms with Crippen molar-refractivity contribution in [3.05, 3.63) is 65.0 Å². The lowest BCUT2D eigenvalue weighted by Crippen LogP contribution is -2.56. The third-order valence-corrected chi connectivity index (χ3v) is 10.8. The van der Waals surface area contributed by atoms with Gasteiger partial charge in [-0.1, -0.05) is 18.6 Å². The van der Waals surface area contributed by atoms with Gasteiger partial charge in [-0.25, -0.2) is 4.39 Å². The third-order valence-electron chi connectivity index (χ3n) is 10.8. The molecule has 2 aromatic rings. The molecular weight excluding hydrogens is 581 g/mol. The predicted molar refractivity (Wildman–Crippen MR) is 178 cm³/mol. The number of anilines is 1. The van der Waals surface area contributed by atoms with Crippen molar-refractivity contribution in [3.63, 3.8) is 0 Å². The number of amides is 1. The van der Waals surface area contributed by atoms with Crippen molar-refractivity contribution in [3.8, 4) is 6.07 Å². The molecule has 3 fully saturated rings. The Balaban J connectivity index is 1.28. The van der Waals surface area contributed by atoms with E-state index >= 15 is 0 Å². The largest absolute Gasteiger partial charge is 0.469 e. The lowest BCUT2D eigenvalue weighted by Gasteiger charge is -2.52. The highest BCUT2D eigenvalue weighted by atomic mass is 19.1. The fraction of sp³-hybridized carbons (Fsp3) is 0.595. The van der Waals surface area contributed by atoms with E-state index in [1.807, 2.05) is 18.2 Å². The van der Waals surface area contributed by atoms with Gasteiger partial charge in [-0.05, 0) is 107 Å². The van der Waals surface area contributed by atoms with Crippen molar-refractivity contribution < 1.29 is 18.7 Å². The second-order valence-electron chi connectivity index (χ2n) is 14.3. The molecule has 1 amide bonds. The summed E-state index contributed by atoms with van der Waals surface area (Å²) in [5, 5.41) is 9.50. The van der Waals surface area contributed by atoms with E-state index < -0.39 is 0 Å². The van der Waals surface area contributed by atoms with Gasteiger partial charge in [-0.3, -0.25) is 9.59 Å². The predicted octanol–water partition coefficient (Wildman–Crippen LogP) is 5.03. The van der Waals surface area contributed by atoms with E-state index in [0.29, 0.717) is 29.4 Å². The van der Waals surface area contributed by atoms with Gasteiger partial charge >= 0.3 is 5.97 Å². The van der Waals surface area contributed by atoms with E-state index in [4.69, 9.17) is 4.74 Å². The molecule has 1 saturated carbocycles. The summed E-state index contributed by atoms with van der Waals surface area (Å²) in [6.45, 7) is 5.69. The SMILES string of the molecule is COC(=O)C[C@H]1CCC[C@@H]1[C@](CN(C)C)(c1cccc(F)c1)C1CCN(CC2CN(c3ccc(C#N)c(C(=O)N(C)C)c3)C2)CC1. The van der Waals surface area contributed by atoms with E-state index in [0.717, 1.165) is 82.6 Å². The Morgan fingerprint density at radius 3 is 2.41 bits per heavy atom. The molecule has 2 saturated heterocycles. The highest BCUT2D eigenvalue weighted by molar-refractivity contribution is 5.97. The number of methoxy groups -OCH3 is 1. The van der Waals surface area contributed by atoms with Gasteiger partial charge in [-0.15, -0.1) is 0 Å². The van der Waals surface area contributed by atoms with Crippen LogP contribution in [-0.4, -0.2) is 101 Å². The Labute approximate surface area is 274 Å². The quantitative estimate of drug-likeness (QED) is 0.322. The van der Waals surface area contributed by atoms with E-state index in [1.54, 1.807) is 26.2 Å². The number of likely N-dealkylation sites (tertiary alicyclic amines) is 1. The molecule has 248 valence electrons. The number of rotatable bonds is 11. The number of esters is 1. The summed E-state index contributed by atoms with van der Waals surface area (Å²) in [6, 6.07) is 15.0. The first-order valence-corrected chi connectivity index (χ1v) is 16.8. The molecule has 2 aliphatic heterocycles. The number of carbonyl (C=O) groups excluding carboxylic acids is 2. The van der Waals surface area contributed by atoms with Gasteiger partial charge in [0.25, 0.3) is 5.91 Å². The molecule has 0 bridgehead atoms. The fourth-order valence-electron chi connectivity index (χ4n) is 8.78. The zero-order chi connectivity index (χ0) is 33.0. The number of hydrogen-bond donors (Lipinski definition) is 0. The highest BCUT2D eigenvalue weighted by Gasteiger charge is 2.52. The summed E-state index contributed by atoms with van der Waals surface area (Å²) in [7, 11) is 9.11. The lowest BCUT2D eigenvalue weighted by molar-refractivity contribution is -0.142. The van der Waals surface area contributed by atoms with Crippen molar-refractivity contribution in [2.75, 3.05) is 79.5 Å². The Hall–Kier alpha value is -3.48. The summed E-state index contributed by atoms with van der Waals surface area (Å²) in [5.41, 5.74) is 2.66. The van der Waals surface area contributed by atoms with Crippen LogP contribution in [0.4, 0.5) is 10.1 Å². The van der Waals surface area contributed by atoms with Gasteiger partial charge in [0.05, 0.1) is 24.3 Å². The molecule has 2 heterocycles. The molecule has 9 heteroatoms. The number of nitrogens with zero attached hydrogens (tertiary/aromatic N) is 5. The number of piperidine rings is 1. The minimum absolute atomic E-state index is 0.152. The smallest absolute Gasteiger partial charge is 0.305 e. The fourth-order valence-corrected chi connectivity index (χ4v) is 8.78. The first-order valence-electron chi connectivity index (χ1n) is 16.8. The molecule has 2 aromatic carbocycles. The van der Waals surface area contributed by atoms with Crippen molar-refractivity contribution in [2.24, 2.45) is 23.7 Å². The van der Waals surface area contributed by atoms with Crippen LogP contribution in [-0.2, 0) is 14.9 Å². The molecule has 3 aliphatic rings. The maximum atomic E-state index is 14.9. The topological polar surface area (TPSA) is 80.1 Å².